The second-order valence-electron chi connectivity index (χ2n) is 4.69. The fourth-order valence-electron chi connectivity index (χ4n) is 1.59. The Bertz CT molecular complexity index is 356. The van der Waals surface area contributed by atoms with E-state index in [4.69, 9.17) is 4.74 Å². The number of halogens is 2. The highest BCUT2D eigenvalue weighted by atomic mass is 19.2. The molecule has 1 N–H and O–H groups in total. The Morgan fingerprint density at radius 2 is 2.00 bits per heavy atom. The zero-order valence-electron chi connectivity index (χ0n) is 11.0. The van der Waals surface area contributed by atoms with Crippen molar-refractivity contribution in [3.8, 4) is 5.75 Å². The van der Waals surface area contributed by atoms with Crippen LogP contribution in [0.4, 0.5) is 8.78 Å². The molecular weight excluding hydrogens is 236 g/mol. The second-order valence-corrected chi connectivity index (χ2v) is 4.69. The minimum Gasteiger partial charge on any atom is -0.489 e. The second kappa shape index (κ2) is 8.03. The van der Waals surface area contributed by atoms with Crippen LogP contribution < -0.4 is 10.1 Å². The van der Waals surface area contributed by atoms with Crippen LogP contribution in [0, 0.1) is 17.6 Å². The monoisotopic (exact) mass is 257 g/mol. The van der Waals surface area contributed by atoms with Crippen molar-refractivity contribution in [2.75, 3.05) is 19.7 Å². The van der Waals surface area contributed by atoms with Gasteiger partial charge in [-0.2, -0.15) is 4.39 Å². The molecule has 1 aromatic rings. The normalized spacial score (nSPS) is 10.9. The molecule has 0 fully saturated rings. The molecule has 18 heavy (non-hydrogen) atoms. The van der Waals surface area contributed by atoms with Gasteiger partial charge in [0.2, 0.25) is 5.82 Å². The molecule has 0 saturated heterocycles. The molecule has 0 aromatic heterocycles. The molecule has 0 heterocycles. The standard InChI is InChI=1S/C14H21F2NO/c1-11(2)5-4-8-17-9-10-18-13-7-3-6-12(15)14(13)16/h3,6-7,11,17H,4-5,8-10H2,1-2H3. The zero-order chi connectivity index (χ0) is 13.4. The van der Waals surface area contributed by atoms with E-state index in [1.807, 2.05) is 0 Å². The van der Waals surface area contributed by atoms with Crippen LogP contribution in [0.25, 0.3) is 0 Å². The number of hydrogen-bond donors (Lipinski definition) is 1. The zero-order valence-corrected chi connectivity index (χ0v) is 11.0. The van der Waals surface area contributed by atoms with E-state index in [0.717, 1.165) is 19.0 Å². The van der Waals surface area contributed by atoms with Crippen LogP contribution >= 0.6 is 0 Å². The van der Waals surface area contributed by atoms with Crippen LogP contribution in [0.2, 0.25) is 0 Å². The summed E-state index contributed by atoms with van der Waals surface area (Å²) < 4.78 is 31.2. The molecule has 0 bridgehead atoms. The van der Waals surface area contributed by atoms with Gasteiger partial charge in [0.05, 0.1) is 0 Å². The third-order valence-corrected chi connectivity index (χ3v) is 2.59. The van der Waals surface area contributed by atoms with Gasteiger partial charge in [0.15, 0.2) is 11.6 Å². The summed E-state index contributed by atoms with van der Waals surface area (Å²) in [6, 6.07) is 3.94. The van der Waals surface area contributed by atoms with Crippen molar-refractivity contribution in [3.05, 3.63) is 29.8 Å². The topological polar surface area (TPSA) is 21.3 Å². The molecule has 0 unspecified atom stereocenters. The summed E-state index contributed by atoms with van der Waals surface area (Å²) in [5.74, 6) is -1.11. The Balaban J connectivity index is 2.13. The van der Waals surface area contributed by atoms with Crippen molar-refractivity contribution in [2.24, 2.45) is 5.92 Å². The molecule has 1 aromatic carbocycles. The third-order valence-electron chi connectivity index (χ3n) is 2.59. The van der Waals surface area contributed by atoms with Crippen LogP contribution in [0.3, 0.4) is 0 Å². The molecular formula is C14H21F2NO. The Kier molecular flexibility index (Phi) is 6.65. The van der Waals surface area contributed by atoms with Crippen LogP contribution in [0.1, 0.15) is 26.7 Å². The highest BCUT2D eigenvalue weighted by molar-refractivity contribution is 5.24. The van der Waals surface area contributed by atoms with E-state index in [2.05, 4.69) is 19.2 Å². The van der Waals surface area contributed by atoms with Crippen molar-refractivity contribution in [3.63, 3.8) is 0 Å². The smallest absolute Gasteiger partial charge is 0.200 e. The quantitative estimate of drug-likeness (QED) is 0.721. The number of hydrogen-bond acceptors (Lipinski definition) is 2. The Morgan fingerprint density at radius 3 is 2.72 bits per heavy atom. The van der Waals surface area contributed by atoms with E-state index in [9.17, 15) is 8.78 Å². The molecule has 0 saturated carbocycles. The minimum atomic E-state index is -0.919. The molecule has 0 aliphatic heterocycles. The van der Waals surface area contributed by atoms with Crippen LogP contribution in [-0.4, -0.2) is 19.7 Å². The molecule has 0 atom stereocenters. The predicted molar refractivity (Wildman–Crippen MR) is 68.8 cm³/mol. The van der Waals surface area contributed by atoms with E-state index in [-0.39, 0.29) is 5.75 Å². The van der Waals surface area contributed by atoms with Crippen molar-refractivity contribution in [1.82, 2.24) is 5.32 Å². The maximum Gasteiger partial charge on any atom is 0.200 e. The first-order chi connectivity index (χ1) is 8.61. The van der Waals surface area contributed by atoms with Crippen molar-refractivity contribution in [2.45, 2.75) is 26.7 Å². The summed E-state index contributed by atoms with van der Waals surface area (Å²) in [6.07, 6.45) is 2.30. The van der Waals surface area contributed by atoms with Gasteiger partial charge >= 0.3 is 0 Å². The first-order valence-corrected chi connectivity index (χ1v) is 6.38. The maximum absolute atomic E-state index is 13.2. The molecule has 4 heteroatoms. The van der Waals surface area contributed by atoms with Gasteiger partial charge in [0.25, 0.3) is 0 Å². The summed E-state index contributed by atoms with van der Waals surface area (Å²) >= 11 is 0. The molecule has 0 radical (unpaired) electrons. The largest absolute Gasteiger partial charge is 0.489 e. The average Bonchev–Trinajstić information content (AvgIpc) is 2.32. The predicted octanol–water partition coefficient (Wildman–Crippen LogP) is 3.37. The number of ether oxygens (including phenoxy) is 1. The summed E-state index contributed by atoms with van der Waals surface area (Å²) in [4.78, 5) is 0. The summed E-state index contributed by atoms with van der Waals surface area (Å²) in [5, 5.41) is 3.20. The van der Waals surface area contributed by atoms with Crippen molar-refractivity contribution >= 4 is 0 Å². The molecule has 0 amide bonds. The summed E-state index contributed by atoms with van der Waals surface area (Å²) in [5.41, 5.74) is 0. The lowest BCUT2D eigenvalue weighted by atomic mass is 10.1. The van der Waals surface area contributed by atoms with Crippen LogP contribution in [0.15, 0.2) is 18.2 Å². The lowest BCUT2D eigenvalue weighted by molar-refractivity contribution is 0.292. The van der Waals surface area contributed by atoms with Gasteiger partial charge in [-0.05, 0) is 37.4 Å². The fraction of sp³-hybridized carbons (Fsp3) is 0.571. The van der Waals surface area contributed by atoms with E-state index in [1.54, 1.807) is 0 Å². The summed E-state index contributed by atoms with van der Waals surface area (Å²) in [6.45, 7) is 6.27. The Labute approximate surface area is 107 Å². The highest BCUT2D eigenvalue weighted by Crippen LogP contribution is 2.18. The molecule has 0 aliphatic carbocycles. The number of nitrogens with one attached hydrogen (secondary N) is 1. The highest BCUT2D eigenvalue weighted by Gasteiger charge is 2.07. The Morgan fingerprint density at radius 1 is 1.22 bits per heavy atom. The lowest BCUT2D eigenvalue weighted by Gasteiger charge is -2.09. The third kappa shape index (κ3) is 5.45. The molecule has 1 rings (SSSR count). The summed E-state index contributed by atoms with van der Waals surface area (Å²) in [7, 11) is 0. The Hall–Kier alpha value is -1.16. The minimum absolute atomic E-state index is 0.0287. The van der Waals surface area contributed by atoms with Gasteiger partial charge in [0.1, 0.15) is 6.61 Å². The molecule has 0 spiro atoms. The molecule has 102 valence electrons. The van der Waals surface area contributed by atoms with Gasteiger partial charge in [-0.15, -0.1) is 0 Å². The van der Waals surface area contributed by atoms with Gasteiger partial charge in [-0.3, -0.25) is 0 Å². The van der Waals surface area contributed by atoms with Gasteiger partial charge in [-0.25, -0.2) is 4.39 Å². The van der Waals surface area contributed by atoms with Crippen molar-refractivity contribution < 1.29 is 13.5 Å². The lowest BCUT2D eigenvalue weighted by Crippen LogP contribution is -2.22. The molecule has 0 aliphatic rings. The average molecular weight is 257 g/mol. The number of rotatable bonds is 8. The van der Waals surface area contributed by atoms with E-state index in [1.165, 1.54) is 18.6 Å². The van der Waals surface area contributed by atoms with Crippen LogP contribution in [0.5, 0.6) is 5.75 Å². The van der Waals surface area contributed by atoms with Gasteiger partial charge in [-0.1, -0.05) is 19.9 Å². The van der Waals surface area contributed by atoms with E-state index in [0.29, 0.717) is 19.1 Å². The number of benzene rings is 1. The van der Waals surface area contributed by atoms with E-state index >= 15 is 0 Å². The van der Waals surface area contributed by atoms with Crippen molar-refractivity contribution in [1.29, 1.82) is 0 Å². The van der Waals surface area contributed by atoms with E-state index < -0.39 is 11.6 Å². The van der Waals surface area contributed by atoms with Gasteiger partial charge < -0.3 is 10.1 Å². The van der Waals surface area contributed by atoms with Gasteiger partial charge in [0, 0.05) is 6.54 Å². The first kappa shape index (κ1) is 14.9. The SMILES string of the molecule is CC(C)CCCNCCOc1cccc(F)c1F. The van der Waals surface area contributed by atoms with Crippen LogP contribution in [-0.2, 0) is 0 Å². The molecule has 2 nitrogen and oxygen atoms in total. The fourth-order valence-corrected chi connectivity index (χ4v) is 1.59. The first-order valence-electron chi connectivity index (χ1n) is 6.38. The maximum atomic E-state index is 13.2.